The third-order valence-electron chi connectivity index (χ3n) is 8.35. The Balaban J connectivity index is 1.40. The molecule has 0 aromatic heterocycles. The summed E-state index contributed by atoms with van der Waals surface area (Å²) >= 11 is 6.17. The minimum Gasteiger partial charge on any atom is -0.491 e. The lowest BCUT2D eigenvalue weighted by atomic mass is 9.86. The molecular formula is C32H49ClO7. The Labute approximate surface area is 245 Å². The number of halogens is 1. The molecule has 2 aliphatic heterocycles. The topological polar surface area (TPSA) is 86.6 Å². The molecule has 8 heteroatoms. The fourth-order valence-corrected chi connectivity index (χ4v) is 6.32. The molecule has 40 heavy (non-hydrogen) atoms. The fraction of sp³-hybridized carbons (Fsp3) is 0.750. The summed E-state index contributed by atoms with van der Waals surface area (Å²) in [5.41, 5.74) is 0. The molecule has 1 aromatic carbocycles. The van der Waals surface area contributed by atoms with Crippen LogP contribution in [0, 0.1) is 11.8 Å². The van der Waals surface area contributed by atoms with Crippen molar-refractivity contribution in [1.29, 1.82) is 0 Å². The van der Waals surface area contributed by atoms with E-state index in [-0.39, 0.29) is 43.2 Å². The normalized spacial score (nSPS) is 30.1. The highest BCUT2D eigenvalue weighted by atomic mass is 35.5. The zero-order chi connectivity index (χ0) is 28.0. The van der Waals surface area contributed by atoms with Gasteiger partial charge in [0.05, 0.1) is 18.3 Å². The van der Waals surface area contributed by atoms with Crippen LogP contribution in [0.15, 0.2) is 36.4 Å². The minimum atomic E-state index is -0.413. The predicted molar refractivity (Wildman–Crippen MR) is 155 cm³/mol. The number of aliphatic hydroxyl groups excluding tert-OH is 2. The van der Waals surface area contributed by atoms with Crippen LogP contribution in [0.5, 0.6) is 5.75 Å². The number of rotatable bonds is 16. The van der Waals surface area contributed by atoms with Gasteiger partial charge in [-0.3, -0.25) is 0 Å². The van der Waals surface area contributed by atoms with Gasteiger partial charge in [-0.2, -0.15) is 0 Å². The Morgan fingerprint density at radius 2 is 1.80 bits per heavy atom. The molecule has 2 heterocycles. The van der Waals surface area contributed by atoms with Crippen LogP contribution in [0.2, 0.25) is 5.02 Å². The maximum Gasteiger partial charge on any atom is 0.158 e. The molecule has 1 aromatic rings. The van der Waals surface area contributed by atoms with Crippen molar-refractivity contribution < 1.29 is 33.9 Å². The molecule has 0 spiro atoms. The van der Waals surface area contributed by atoms with E-state index in [9.17, 15) is 5.11 Å². The summed E-state index contributed by atoms with van der Waals surface area (Å²) in [6.45, 7) is 2.10. The van der Waals surface area contributed by atoms with Gasteiger partial charge in [0, 0.05) is 31.3 Å². The molecule has 2 unspecified atom stereocenters. The predicted octanol–water partition coefficient (Wildman–Crippen LogP) is 6.43. The lowest BCUT2D eigenvalue weighted by Gasteiger charge is -2.32. The van der Waals surface area contributed by atoms with Crippen LogP contribution in [0.4, 0.5) is 0 Å². The molecule has 3 aliphatic rings. The van der Waals surface area contributed by atoms with Crippen LogP contribution in [0.1, 0.15) is 83.5 Å². The van der Waals surface area contributed by atoms with E-state index in [2.05, 4.69) is 12.2 Å². The van der Waals surface area contributed by atoms with Gasteiger partial charge in [-0.1, -0.05) is 29.8 Å². The molecule has 4 rings (SSSR count). The van der Waals surface area contributed by atoms with Crippen LogP contribution in [0.25, 0.3) is 0 Å². The number of hydrogen-bond donors (Lipinski definition) is 2. The summed E-state index contributed by atoms with van der Waals surface area (Å²) in [5, 5.41) is 20.8. The molecule has 2 N–H and O–H groups in total. The van der Waals surface area contributed by atoms with Gasteiger partial charge in [-0.25, -0.2) is 0 Å². The Morgan fingerprint density at radius 1 is 1.00 bits per heavy atom. The number of unbranched alkanes of at least 4 members (excludes halogenated alkanes) is 2. The van der Waals surface area contributed by atoms with Crippen molar-refractivity contribution in [3.63, 3.8) is 0 Å². The molecule has 1 aliphatic carbocycles. The van der Waals surface area contributed by atoms with Gasteiger partial charge in [0.25, 0.3) is 0 Å². The number of aliphatic hydroxyl groups is 2. The van der Waals surface area contributed by atoms with Crippen LogP contribution >= 0.6 is 11.6 Å². The third-order valence-corrected chi connectivity index (χ3v) is 8.58. The van der Waals surface area contributed by atoms with Gasteiger partial charge >= 0.3 is 0 Å². The van der Waals surface area contributed by atoms with Gasteiger partial charge in [0.1, 0.15) is 12.4 Å². The highest BCUT2D eigenvalue weighted by molar-refractivity contribution is 6.30. The molecule has 1 saturated carbocycles. The van der Waals surface area contributed by atoms with Crippen LogP contribution in [-0.4, -0.2) is 67.5 Å². The van der Waals surface area contributed by atoms with E-state index in [4.69, 9.17) is 40.4 Å². The summed E-state index contributed by atoms with van der Waals surface area (Å²) in [7, 11) is 0. The van der Waals surface area contributed by atoms with Crippen molar-refractivity contribution in [3.05, 3.63) is 41.4 Å². The quantitative estimate of drug-likeness (QED) is 0.172. The molecule has 2 saturated heterocycles. The summed E-state index contributed by atoms with van der Waals surface area (Å²) < 4.78 is 30.9. The first-order valence-corrected chi connectivity index (χ1v) is 15.9. The SMILES string of the molecule is OCCCCC=CC[C@@H]1[C@@H](CC[C@H](COc2cccc(Cl)c2)OC2CCCCO2)[C@H](OC2CCCCO2)C[C@@H]1O. The summed E-state index contributed by atoms with van der Waals surface area (Å²) in [6.07, 6.45) is 15.4. The van der Waals surface area contributed by atoms with Crippen molar-refractivity contribution in [2.45, 2.75) is 114 Å². The van der Waals surface area contributed by atoms with Crippen molar-refractivity contribution >= 4 is 11.6 Å². The maximum atomic E-state index is 11.1. The first-order valence-electron chi connectivity index (χ1n) is 15.5. The Morgan fingerprint density at radius 3 is 2.52 bits per heavy atom. The van der Waals surface area contributed by atoms with Gasteiger partial charge < -0.3 is 33.9 Å². The summed E-state index contributed by atoms with van der Waals surface area (Å²) in [5.74, 6) is 1.03. The van der Waals surface area contributed by atoms with Gasteiger partial charge in [-0.05, 0) is 107 Å². The maximum absolute atomic E-state index is 11.1. The second kappa shape index (κ2) is 17.7. The van der Waals surface area contributed by atoms with Gasteiger partial charge in [0.15, 0.2) is 12.6 Å². The van der Waals surface area contributed by atoms with E-state index in [1.165, 1.54) is 0 Å². The summed E-state index contributed by atoms with van der Waals surface area (Å²) in [6, 6.07) is 7.44. The molecule has 3 fully saturated rings. The largest absolute Gasteiger partial charge is 0.491 e. The highest BCUT2D eigenvalue weighted by Crippen LogP contribution is 2.41. The zero-order valence-electron chi connectivity index (χ0n) is 23.8. The van der Waals surface area contributed by atoms with Crippen LogP contribution in [-0.2, 0) is 18.9 Å². The monoisotopic (exact) mass is 580 g/mol. The number of ether oxygens (including phenoxy) is 5. The Bertz CT molecular complexity index is 855. The first-order chi connectivity index (χ1) is 19.6. The second-order valence-corrected chi connectivity index (χ2v) is 11.9. The molecular weight excluding hydrogens is 532 g/mol. The van der Waals surface area contributed by atoms with E-state index in [0.29, 0.717) is 18.1 Å². The van der Waals surface area contributed by atoms with Crippen molar-refractivity contribution in [2.75, 3.05) is 26.4 Å². The van der Waals surface area contributed by atoms with Gasteiger partial charge in [0.2, 0.25) is 0 Å². The van der Waals surface area contributed by atoms with Crippen LogP contribution in [0.3, 0.4) is 0 Å². The Kier molecular flexibility index (Phi) is 14.0. The molecule has 7 nitrogen and oxygen atoms in total. The van der Waals surface area contributed by atoms with Crippen LogP contribution < -0.4 is 4.74 Å². The lowest BCUT2D eigenvalue weighted by Crippen LogP contribution is -2.34. The average molecular weight is 581 g/mol. The van der Waals surface area contributed by atoms with Crippen molar-refractivity contribution in [2.24, 2.45) is 11.8 Å². The van der Waals surface area contributed by atoms with E-state index in [0.717, 1.165) is 96.0 Å². The van der Waals surface area contributed by atoms with Crippen molar-refractivity contribution in [1.82, 2.24) is 0 Å². The minimum absolute atomic E-state index is 0.0497. The second-order valence-electron chi connectivity index (χ2n) is 11.4. The van der Waals surface area contributed by atoms with E-state index in [1.54, 1.807) is 0 Å². The first kappa shape index (κ1) is 31.7. The molecule has 226 valence electrons. The standard InChI is InChI=1S/C32H49ClO7/c33-24-11-10-12-25(21-24)38-23-26(39-31-14-5-8-19-36-31)16-17-28-27(13-4-2-1-3-7-18-34)29(35)22-30(28)40-32-15-6-9-20-37-32/h2,4,10-12,21,26-32,34-35H,1,3,5-9,13-20,22-23H2/t26-,27-,28-,29+,30-,31?,32?/m1/s1. The smallest absolute Gasteiger partial charge is 0.158 e. The number of hydrogen-bond acceptors (Lipinski definition) is 7. The van der Waals surface area contributed by atoms with E-state index in [1.807, 2.05) is 24.3 Å². The molecule has 0 radical (unpaired) electrons. The highest BCUT2D eigenvalue weighted by Gasteiger charge is 2.43. The lowest BCUT2D eigenvalue weighted by molar-refractivity contribution is -0.202. The average Bonchev–Trinajstić information content (AvgIpc) is 3.26. The molecule has 0 amide bonds. The number of allylic oxidation sites excluding steroid dienone is 2. The van der Waals surface area contributed by atoms with E-state index >= 15 is 0 Å². The molecule has 7 atom stereocenters. The van der Waals surface area contributed by atoms with E-state index < -0.39 is 6.10 Å². The summed E-state index contributed by atoms with van der Waals surface area (Å²) in [4.78, 5) is 0. The number of benzene rings is 1. The van der Waals surface area contributed by atoms with Gasteiger partial charge in [-0.15, -0.1) is 0 Å². The third kappa shape index (κ3) is 10.6. The fourth-order valence-electron chi connectivity index (χ4n) is 6.14. The van der Waals surface area contributed by atoms with Crippen molar-refractivity contribution in [3.8, 4) is 5.75 Å². The molecule has 0 bridgehead atoms. The Hall–Kier alpha value is -1.19. The zero-order valence-corrected chi connectivity index (χ0v) is 24.6.